The van der Waals surface area contributed by atoms with Crippen LogP contribution >= 0.6 is 27.5 Å². The second-order valence-corrected chi connectivity index (χ2v) is 5.33. The number of halogens is 5. The molecule has 0 atom stereocenters. The molecule has 0 fully saturated rings. The lowest BCUT2D eigenvalue weighted by Gasteiger charge is -2.13. The first-order valence-electron chi connectivity index (χ1n) is 5.60. The van der Waals surface area contributed by atoms with Crippen molar-refractivity contribution in [3.63, 3.8) is 0 Å². The van der Waals surface area contributed by atoms with E-state index >= 15 is 0 Å². The molecule has 0 heterocycles. The van der Waals surface area contributed by atoms with Crippen LogP contribution in [0.2, 0.25) is 5.02 Å². The molecule has 2 nitrogen and oxygen atoms in total. The molecule has 0 aliphatic carbocycles. The van der Waals surface area contributed by atoms with Crippen molar-refractivity contribution in [2.24, 2.45) is 0 Å². The third kappa shape index (κ3) is 3.77. The highest BCUT2D eigenvalue weighted by Crippen LogP contribution is 2.36. The van der Waals surface area contributed by atoms with Gasteiger partial charge in [0.1, 0.15) is 11.5 Å². The Labute approximate surface area is 131 Å². The standard InChI is InChI=1S/C14H7BrClF3O2/c15-12-5-9(16)2-4-13(12)21-10-3-1-8(7-20)11(6-10)14(17,18)19/h1-7H. The normalized spacial score (nSPS) is 11.3. The molecule has 0 aromatic heterocycles. The summed E-state index contributed by atoms with van der Waals surface area (Å²) in [6, 6.07) is 7.76. The van der Waals surface area contributed by atoms with Gasteiger partial charge in [-0.1, -0.05) is 11.6 Å². The molecule has 0 bridgehead atoms. The van der Waals surface area contributed by atoms with E-state index in [9.17, 15) is 18.0 Å². The molecule has 110 valence electrons. The summed E-state index contributed by atoms with van der Waals surface area (Å²) in [5.74, 6) is 0.280. The summed E-state index contributed by atoms with van der Waals surface area (Å²) in [7, 11) is 0. The molecule has 0 aliphatic rings. The Kier molecular flexibility index (Phi) is 4.58. The third-order valence-electron chi connectivity index (χ3n) is 2.58. The van der Waals surface area contributed by atoms with E-state index in [0.29, 0.717) is 15.2 Å². The number of ether oxygens (including phenoxy) is 1. The van der Waals surface area contributed by atoms with Gasteiger partial charge in [0.15, 0.2) is 6.29 Å². The molecule has 2 rings (SSSR count). The predicted octanol–water partition coefficient (Wildman–Crippen LogP) is 5.73. The van der Waals surface area contributed by atoms with Gasteiger partial charge in [-0.3, -0.25) is 4.79 Å². The van der Waals surface area contributed by atoms with E-state index in [4.69, 9.17) is 16.3 Å². The van der Waals surface area contributed by atoms with Crippen LogP contribution in [-0.4, -0.2) is 6.29 Å². The first kappa shape index (κ1) is 15.9. The first-order chi connectivity index (χ1) is 9.81. The van der Waals surface area contributed by atoms with Crippen LogP contribution in [0.3, 0.4) is 0 Å². The van der Waals surface area contributed by atoms with Crippen molar-refractivity contribution in [2.45, 2.75) is 6.18 Å². The zero-order valence-electron chi connectivity index (χ0n) is 10.2. The number of rotatable bonds is 3. The molecule has 0 unspecified atom stereocenters. The average Bonchev–Trinajstić information content (AvgIpc) is 2.41. The molecule has 21 heavy (non-hydrogen) atoms. The smallest absolute Gasteiger partial charge is 0.417 e. The van der Waals surface area contributed by atoms with Crippen LogP contribution in [0.1, 0.15) is 15.9 Å². The van der Waals surface area contributed by atoms with E-state index < -0.39 is 17.3 Å². The van der Waals surface area contributed by atoms with E-state index in [1.54, 1.807) is 12.1 Å². The Hall–Kier alpha value is -1.53. The lowest BCUT2D eigenvalue weighted by atomic mass is 10.1. The zero-order valence-corrected chi connectivity index (χ0v) is 12.6. The first-order valence-corrected chi connectivity index (χ1v) is 6.77. The van der Waals surface area contributed by atoms with Crippen molar-refractivity contribution < 1.29 is 22.7 Å². The topological polar surface area (TPSA) is 26.3 Å². The van der Waals surface area contributed by atoms with Gasteiger partial charge in [0.2, 0.25) is 0 Å². The van der Waals surface area contributed by atoms with Crippen LogP contribution in [0, 0.1) is 0 Å². The molecule has 0 saturated heterocycles. The van der Waals surface area contributed by atoms with Crippen LogP contribution < -0.4 is 4.74 Å². The summed E-state index contributed by atoms with van der Waals surface area (Å²) in [5.41, 5.74) is -1.48. The fourth-order valence-electron chi connectivity index (χ4n) is 1.63. The fraction of sp³-hybridized carbons (Fsp3) is 0.0714. The van der Waals surface area contributed by atoms with Gasteiger partial charge < -0.3 is 4.74 Å². The van der Waals surface area contributed by atoms with Gasteiger partial charge >= 0.3 is 6.18 Å². The van der Waals surface area contributed by atoms with Gasteiger partial charge in [-0.15, -0.1) is 0 Å². The Morgan fingerprint density at radius 3 is 2.43 bits per heavy atom. The van der Waals surface area contributed by atoms with Crippen molar-refractivity contribution in [1.29, 1.82) is 0 Å². The molecule has 0 N–H and O–H groups in total. The average molecular weight is 380 g/mol. The third-order valence-corrected chi connectivity index (χ3v) is 3.43. The van der Waals surface area contributed by atoms with Crippen molar-refractivity contribution in [3.8, 4) is 11.5 Å². The minimum atomic E-state index is -4.63. The molecule has 2 aromatic rings. The minimum Gasteiger partial charge on any atom is -0.456 e. The highest BCUT2D eigenvalue weighted by molar-refractivity contribution is 9.10. The Morgan fingerprint density at radius 2 is 1.86 bits per heavy atom. The van der Waals surface area contributed by atoms with Crippen molar-refractivity contribution in [3.05, 3.63) is 57.0 Å². The summed E-state index contributed by atoms with van der Waals surface area (Å²) in [6.07, 6.45) is -4.47. The van der Waals surface area contributed by atoms with Gasteiger partial charge in [0, 0.05) is 10.6 Å². The van der Waals surface area contributed by atoms with Gasteiger partial charge in [-0.2, -0.15) is 13.2 Å². The van der Waals surface area contributed by atoms with Gasteiger partial charge in [0.05, 0.1) is 10.0 Å². The van der Waals surface area contributed by atoms with Gasteiger partial charge in [0.25, 0.3) is 0 Å². The number of carbonyl (C=O) groups excluding carboxylic acids is 1. The summed E-state index contributed by atoms with van der Waals surface area (Å²) in [6.45, 7) is 0. The summed E-state index contributed by atoms with van der Waals surface area (Å²) >= 11 is 8.97. The van der Waals surface area contributed by atoms with E-state index in [1.165, 1.54) is 12.1 Å². The second kappa shape index (κ2) is 6.07. The van der Waals surface area contributed by atoms with Crippen LogP contribution in [0.25, 0.3) is 0 Å². The van der Waals surface area contributed by atoms with Crippen molar-refractivity contribution >= 4 is 33.8 Å². The largest absolute Gasteiger partial charge is 0.456 e. The van der Waals surface area contributed by atoms with Crippen LogP contribution in [0.5, 0.6) is 11.5 Å². The second-order valence-electron chi connectivity index (χ2n) is 4.04. The number of aldehydes is 1. The SMILES string of the molecule is O=Cc1ccc(Oc2ccc(Cl)cc2Br)cc1C(F)(F)F. The van der Waals surface area contributed by atoms with Crippen LogP contribution in [0.15, 0.2) is 40.9 Å². The molecule has 0 aliphatic heterocycles. The highest BCUT2D eigenvalue weighted by atomic mass is 79.9. The maximum Gasteiger partial charge on any atom is 0.417 e. The minimum absolute atomic E-state index is 0.0315. The fourth-order valence-corrected chi connectivity index (χ4v) is 2.40. The summed E-state index contributed by atoms with van der Waals surface area (Å²) < 4.78 is 44.4. The number of hydrogen-bond acceptors (Lipinski definition) is 2. The summed E-state index contributed by atoms with van der Waals surface area (Å²) in [5, 5.41) is 0.460. The molecule has 2 aromatic carbocycles. The van der Waals surface area contributed by atoms with E-state index in [2.05, 4.69) is 15.9 Å². The van der Waals surface area contributed by atoms with Crippen LogP contribution in [-0.2, 0) is 6.18 Å². The Balaban J connectivity index is 2.39. The van der Waals surface area contributed by atoms with E-state index in [0.717, 1.165) is 12.1 Å². The monoisotopic (exact) mass is 378 g/mol. The number of carbonyl (C=O) groups is 1. The van der Waals surface area contributed by atoms with E-state index in [-0.39, 0.29) is 12.0 Å². The zero-order chi connectivity index (χ0) is 15.6. The molecule has 0 saturated carbocycles. The number of alkyl halides is 3. The van der Waals surface area contributed by atoms with Gasteiger partial charge in [-0.25, -0.2) is 0 Å². The number of hydrogen-bond donors (Lipinski definition) is 0. The molecular formula is C14H7BrClF3O2. The lowest BCUT2D eigenvalue weighted by Crippen LogP contribution is -2.09. The molecule has 0 spiro atoms. The highest BCUT2D eigenvalue weighted by Gasteiger charge is 2.33. The van der Waals surface area contributed by atoms with Crippen molar-refractivity contribution in [1.82, 2.24) is 0 Å². The molecule has 7 heteroatoms. The van der Waals surface area contributed by atoms with Crippen molar-refractivity contribution in [2.75, 3.05) is 0 Å². The maximum atomic E-state index is 12.8. The lowest BCUT2D eigenvalue weighted by molar-refractivity contribution is -0.137. The maximum absolute atomic E-state index is 12.8. The molecule has 0 amide bonds. The molecule has 0 radical (unpaired) electrons. The molecular weight excluding hydrogens is 373 g/mol. The Morgan fingerprint density at radius 1 is 1.14 bits per heavy atom. The van der Waals surface area contributed by atoms with Crippen LogP contribution in [0.4, 0.5) is 13.2 Å². The summed E-state index contributed by atoms with van der Waals surface area (Å²) in [4.78, 5) is 10.7. The van der Waals surface area contributed by atoms with Gasteiger partial charge in [-0.05, 0) is 52.3 Å². The predicted molar refractivity (Wildman–Crippen MR) is 76.1 cm³/mol. The Bertz CT molecular complexity index is 686. The number of benzene rings is 2. The van der Waals surface area contributed by atoms with E-state index in [1.807, 2.05) is 0 Å². The quantitative estimate of drug-likeness (QED) is 0.637.